The fourth-order valence-electron chi connectivity index (χ4n) is 1.63. The van der Waals surface area contributed by atoms with Crippen LogP contribution in [-0.2, 0) is 11.2 Å². The van der Waals surface area contributed by atoms with Crippen molar-refractivity contribution in [2.45, 2.75) is 25.0 Å². The van der Waals surface area contributed by atoms with Crippen LogP contribution in [0.15, 0.2) is 18.2 Å². The first kappa shape index (κ1) is 14.6. The third kappa shape index (κ3) is 3.76. The van der Waals surface area contributed by atoms with Gasteiger partial charge < -0.3 is 21.1 Å². The number of halogens is 1. The Kier molecular flexibility index (Phi) is 5.21. The van der Waals surface area contributed by atoms with Gasteiger partial charge in [0.2, 0.25) is 0 Å². The van der Waals surface area contributed by atoms with Crippen LogP contribution in [0.5, 0.6) is 0 Å². The van der Waals surface area contributed by atoms with E-state index in [0.717, 1.165) is 6.07 Å². The summed E-state index contributed by atoms with van der Waals surface area (Å²) in [5, 5.41) is 27.8. The predicted octanol–water partition coefficient (Wildman–Crippen LogP) is 0.196. The largest absolute Gasteiger partial charge is 0.481 e. The van der Waals surface area contributed by atoms with Gasteiger partial charge in [-0.05, 0) is 24.6 Å². The molecule has 5 nitrogen and oxygen atoms in total. The van der Waals surface area contributed by atoms with Crippen molar-refractivity contribution in [1.82, 2.24) is 0 Å². The molecule has 0 radical (unpaired) electrons. The van der Waals surface area contributed by atoms with Crippen LogP contribution in [0.1, 0.15) is 23.7 Å². The van der Waals surface area contributed by atoms with E-state index < -0.39 is 24.0 Å². The smallest absolute Gasteiger partial charge is 0.307 e. The molecule has 0 heterocycles. The normalized spacial score (nSPS) is 14.2. The lowest BCUT2D eigenvalue weighted by Gasteiger charge is -2.18. The first-order chi connectivity index (χ1) is 8.45. The van der Waals surface area contributed by atoms with Gasteiger partial charge in [0.05, 0.1) is 12.5 Å². The molecule has 0 saturated heterocycles. The number of nitrogens with two attached hydrogens (primary N) is 1. The van der Waals surface area contributed by atoms with Gasteiger partial charge in [-0.1, -0.05) is 12.1 Å². The van der Waals surface area contributed by atoms with Crippen molar-refractivity contribution in [3.05, 3.63) is 35.1 Å². The molecule has 0 aliphatic carbocycles. The average molecular weight is 257 g/mol. The Labute approximate surface area is 104 Å². The Morgan fingerprint density at radius 3 is 2.56 bits per heavy atom. The van der Waals surface area contributed by atoms with Crippen molar-refractivity contribution in [2.75, 3.05) is 6.54 Å². The number of carboxylic acid groups (broad SMARTS) is 1. The summed E-state index contributed by atoms with van der Waals surface area (Å²) in [5.41, 5.74) is 5.46. The molecule has 5 N–H and O–H groups in total. The molecule has 100 valence electrons. The number of benzene rings is 1. The number of hydrogen-bond donors (Lipinski definition) is 4. The van der Waals surface area contributed by atoms with Crippen LogP contribution in [0.4, 0.5) is 4.39 Å². The molecular formula is C12H16FNO4. The Hall–Kier alpha value is -1.50. The zero-order chi connectivity index (χ0) is 13.7. The molecule has 0 bridgehead atoms. The molecule has 0 amide bonds. The van der Waals surface area contributed by atoms with E-state index in [1.807, 2.05) is 0 Å². The number of hydrogen-bond acceptors (Lipinski definition) is 4. The van der Waals surface area contributed by atoms with Crippen molar-refractivity contribution in [1.29, 1.82) is 0 Å². The summed E-state index contributed by atoms with van der Waals surface area (Å²) in [6.07, 6.45) is -2.65. The average Bonchev–Trinajstić information content (AvgIpc) is 2.28. The van der Waals surface area contributed by atoms with Gasteiger partial charge in [0.15, 0.2) is 0 Å². The highest BCUT2D eigenvalue weighted by atomic mass is 19.1. The van der Waals surface area contributed by atoms with E-state index >= 15 is 0 Å². The van der Waals surface area contributed by atoms with Crippen molar-refractivity contribution in [3.63, 3.8) is 0 Å². The molecule has 2 unspecified atom stereocenters. The molecule has 0 aliphatic rings. The maximum Gasteiger partial charge on any atom is 0.307 e. The molecular weight excluding hydrogens is 241 g/mol. The van der Waals surface area contributed by atoms with E-state index in [1.54, 1.807) is 0 Å². The SMILES string of the molecule is NCCC(O)C(O)c1ccc(CC(=O)O)cc1F. The van der Waals surface area contributed by atoms with Gasteiger partial charge in [-0.3, -0.25) is 4.79 Å². The second-order valence-electron chi connectivity index (χ2n) is 4.02. The first-order valence-corrected chi connectivity index (χ1v) is 5.52. The van der Waals surface area contributed by atoms with E-state index in [1.165, 1.54) is 12.1 Å². The Morgan fingerprint density at radius 1 is 1.39 bits per heavy atom. The summed E-state index contributed by atoms with van der Waals surface area (Å²) in [6.45, 7) is 0.178. The van der Waals surface area contributed by atoms with Crippen LogP contribution in [0.25, 0.3) is 0 Å². The second kappa shape index (κ2) is 6.44. The number of carbonyl (C=O) groups is 1. The predicted molar refractivity (Wildman–Crippen MR) is 62.4 cm³/mol. The second-order valence-corrected chi connectivity index (χ2v) is 4.02. The number of carboxylic acids is 1. The Balaban J connectivity index is 2.87. The molecule has 1 aromatic carbocycles. The third-order valence-electron chi connectivity index (χ3n) is 2.57. The lowest BCUT2D eigenvalue weighted by Crippen LogP contribution is -2.22. The zero-order valence-electron chi connectivity index (χ0n) is 9.71. The van der Waals surface area contributed by atoms with Crippen LogP contribution in [-0.4, -0.2) is 33.9 Å². The molecule has 0 spiro atoms. The third-order valence-corrected chi connectivity index (χ3v) is 2.57. The van der Waals surface area contributed by atoms with Gasteiger partial charge in [0.1, 0.15) is 11.9 Å². The monoisotopic (exact) mass is 257 g/mol. The van der Waals surface area contributed by atoms with Crippen LogP contribution in [0.2, 0.25) is 0 Å². The maximum atomic E-state index is 13.7. The van der Waals surface area contributed by atoms with E-state index in [2.05, 4.69) is 0 Å². The molecule has 0 fully saturated rings. The van der Waals surface area contributed by atoms with Crippen molar-refractivity contribution in [2.24, 2.45) is 5.73 Å². The molecule has 0 aromatic heterocycles. The van der Waals surface area contributed by atoms with Crippen LogP contribution >= 0.6 is 0 Å². The summed E-state index contributed by atoms with van der Waals surface area (Å²) in [5.74, 6) is -1.80. The molecule has 0 aliphatic heterocycles. The van der Waals surface area contributed by atoms with E-state index in [-0.39, 0.29) is 24.9 Å². The highest BCUT2D eigenvalue weighted by Crippen LogP contribution is 2.22. The van der Waals surface area contributed by atoms with E-state index in [9.17, 15) is 19.4 Å². The number of aliphatic hydroxyl groups is 2. The van der Waals surface area contributed by atoms with Crippen molar-refractivity contribution >= 4 is 5.97 Å². The van der Waals surface area contributed by atoms with Crippen LogP contribution < -0.4 is 5.73 Å². The Bertz CT molecular complexity index is 425. The fraction of sp³-hybridized carbons (Fsp3) is 0.417. The van der Waals surface area contributed by atoms with Gasteiger partial charge in [0.25, 0.3) is 0 Å². The fourth-order valence-corrected chi connectivity index (χ4v) is 1.63. The standard InChI is InChI=1S/C12H16FNO4/c13-9-5-7(6-11(16)17)1-2-8(9)12(18)10(15)3-4-14/h1-2,5,10,12,15,18H,3-4,6,14H2,(H,16,17). The van der Waals surface area contributed by atoms with E-state index in [0.29, 0.717) is 5.56 Å². The first-order valence-electron chi connectivity index (χ1n) is 5.52. The molecule has 6 heteroatoms. The minimum absolute atomic E-state index is 0.0647. The number of aliphatic carboxylic acids is 1. The minimum Gasteiger partial charge on any atom is -0.481 e. The molecule has 1 aromatic rings. The zero-order valence-corrected chi connectivity index (χ0v) is 9.71. The topological polar surface area (TPSA) is 104 Å². The molecule has 18 heavy (non-hydrogen) atoms. The summed E-state index contributed by atoms with van der Waals surface area (Å²) >= 11 is 0. The van der Waals surface area contributed by atoms with Gasteiger partial charge in [0, 0.05) is 5.56 Å². The van der Waals surface area contributed by atoms with Crippen LogP contribution in [0, 0.1) is 5.82 Å². The Morgan fingerprint density at radius 2 is 2.06 bits per heavy atom. The van der Waals surface area contributed by atoms with Crippen LogP contribution in [0.3, 0.4) is 0 Å². The summed E-state index contributed by atoms with van der Waals surface area (Å²) < 4.78 is 13.7. The number of rotatable bonds is 6. The van der Waals surface area contributed by atoms with Gasteiger partial charge >= 0.3 is 5.97 Å². The van der Waals surface area contributed by atoms with Gasteiger partial charge in [-0.15, -0.1) is 0 Å². The lowest BCUT2D eigenvalue weighted by molar-refractivity contribution is -0.136. The maximum absolute atomic E-state index is 13.7. The highest BCUT2D eigenvalue weighted by Gasteiger charge is 2.21. The van der Waals surface area contributed by atoms with Crippen molar-refractivity contribution < 1.29 is 24.5 Å². The quantitative estimate of drug-likeness (QED) is 0.582. The molecule has 1 rings (SSSR count). The minimum atomic E-state index is -1.37. The van der Waals surface area contributed by atoms with E-state index in [4.69, 9.17) is 10.8 Å². The van der Waals surface area contributed by atoms with Crippen molar-refractivity contribution in [3.8, 4) is 0 Å². The van der Waals surface area contributed by atoms with Gasteiger partial charge in [-0.25, -0.2) is 4.39 Å². The summed E-state index contributed by atoms with van der Waals surface area (Å²) in [4.78, 5) is 10.5. The van der Waals surface area contributed by atoms with Gasteiger partial charge in [-0.2, -0.15) is 0 Å². The summed E-state index contributed by atoms with van der Waals surface area (Å²) in [7, 11) is 0. The molecule has 2 atom stereocenters. The summed E-state index contributed by atoms with van der Waals surface area (Å²) in [6, 6.07) is 3.73. The number of aliphatic hydroxyl groups excluding tert-OH is 2. The highest BCUT2D eigenvalue weighted by molar-refractivity contribution is 5.70. The molecule has 0 saturated carbocycles. The lowest BCUT2D eigenvalue weighted by atomic mass is 9.99.